The number of aryl methyl sites for hydroxylation is 1. The van der Waals surface area contributed by atoms with Gasteiger partial charge in [-0.1, -0.05) is 61.3 Å². The van der Waals surface area contributed by atoms with Crippen molar-refractivity contribution < 1.29 is 0 Å². The molecule has 0 heterocycles. The minimum Gasteiger partial charge on any atom is -0.310 e. The molecule has 0 saturated heterocycles. The largest absolute Gasteiger partial charge is 0.310 e. The van der Waals surface area contributed by atoms with Crippen molar-refractivity contribution in [3.8, 4) is 11.1 Å². The Labute approximate surface area is 130 Å². The fourth-order valence-corrected chi connectivity index (χ4v) is 2.51. The predicted octanol–water partition coefficient (Wildman–Crippen LogP) is 5.47. The van der Waals surface area contributed by atoms with Crippen LogP contribution in [0, 0.1) is 6.92 Å². The van der Waals surface area contributed by atoms with Gasteiger partial charge in [0.15, 0.2) is 0 Å². The minimum absolute atomic E-state index is 0.467. The van der Waals surface area contributed by atoms with Crippen LogP contribution in [0.5, 0.6) is 0 Å². The molecule has 2 aromatic carbocycles. The maximum Gasteiger partial charge on any atom is 0.0670 e. The summed E-state index contributed by atoms with van der Waals surface area (Å²) in [6.45, 7) is 7.22. The Kier molecular flexibility index (Phi) is 5.09. The maximum atomic E-state index is 6.33. The second-order valence-electron chi connectivity index (χ2n) is 5.29. The van der Waals surface area contributed by atoms with E-state index in [0.717, 1.165) is 17.7 Å². The average molecular weight is 308 g/mol. The van der Waals surface area contributed by atoms with E-state index in [-0.39, 0.29) is 0 Å². The van der Waals surface area contributed by atoms with Gasteiger partial charge in [-0.25, -0.2) is 0 Å². The van der Waals surface area contributed by atoms with Crippen molar-refractivity contribution >= 4 is 23.2 Å². The number of hydrogen-bond acceptors (Lipinski definition) is 1. The zero-order chi connectivity index (χ0) is 14.7. The molecule has 0 aliphatic rings. The lowest BCUT2D eigenvalue weighted by Crippen LogP contribution is -2.21. The highest BCUT2D eigenvalue weighted by atomic mass is 35.5. The lowest BCUT2D eigenvalue weighted by molar-refractivity contribution is 0.589. The zero-order valence-electron chi connectivity index (χ0n) is 12.0. The van der Waals surface area contributed by atoms with Gasteiger partial charge in [0.05, 0.1) is 10.0 Å². The highest BCUT2D eigenvalue weighted by Gasteiger charge is 2.10. The molecule has 0 saturated carbocycles. The standard InChI is InChI=1S/C17H19Cl2N/c1-11(2)20-10-13-8-7-12(3)15(9-13)14-5-4-6-16(18)17(14)19/h4-9,11,20H,10H2,1-3H3. The van der Waals surface area contributed by atoms with Crippen LogP contribution in [0.2, 0.25) is 10.0 Å². The molecule has 0 unspecified atom stereocenters. The third-order valence-corrected chi connectivity index (χ3v) is 4.08. The van der Waals surface area contributed by atoms with Crippen LogP contribution in [0.15, 0.2) is 36.4 Å². The molecule has 2 rings (SSSR count). The number of halogens is 2. The van der Waals surface area contributed by atoms with Crippen LogP contribution in [0.1, 0.15) is 25.0 Å². The van der Waals surface area contributed by atoms with Crippen molar-refractivity contribution in [1.29, 1.82) is 0 Å². The van der Waals surface area contributed by atoms with Crippen LogP contribution >= 0.6 is 23.2 Å². The van der Waals surface area contributed by atoms with Crippen molar-refractivity contribution in [2.75, 3.05) is 0 Å². The summed E-state index contributed by atoms with van der Waals surface area (Å²) in [5.41, 5.74) is 4.57. The Bertz CT molecular complexity index is 606. The van der Waals surface area contributed by atoms with Gasteiger partial charge in [0.25, 0.3) is 0 Å². The first-order valence-electron chi connectivity index (χ1n) is 6.76. The molecule has 0 radical (unpaired) electrons. The van der Waals surface area contributed by atoms with E-state index < -0.39 is 0 Å². The van der Waals surface area contributed by atoms with Gasteiger partial charge < -0.3 is 5.32 Å². The van der Waals surface area contributed by atoms with Gasteiger partial charge in [-0.05, 0) is 35.7 Å². The van der Waals surface area contributed by atoms with Crippen molar-refractivity contribution in [2.45, 2.75) is 33.4 Å². The van der Waals surface area contributed by atoms with E-state index in [2.05, 4.69) is 44.3 Å². The Morgan fingerprint density at radius 1 is 1.05 bits per heavy atom. The van der Waals surface area contributed by atoms with Gasteiger partial charge in [0.2, 0.25) is 0 Å². The van der Waals surface area contributed by atoms with Gasteiger partial charge in [-0.2, -0.15) is 0 Å². The summed E-state index contributed by atoms with van der Waals surface area (Å²) in [6, 6.07) is 12.7. The summed E-state index contributed by atoms with van der Waals surface area (Å²) in [5.74, 6) is 0. The normalized spacial score (nSPS) is 11.1. The zero-order valence-corrected chi connectivity index (χ0v) is 13.5. The molecule has 0 spiro atoms. The van der Waals surface area contributed by atoms with Crippen LogP contribution in [0.4, 0.5) is 0 Å². The smallest absolute Gasteiger partial charge is 0.0670 e. The molecule has 0 aliphatic carbocycles. The third kappa shape index (κ3) is 3.54. The van der Waals surface area contributed by atoms with Gasteiger partial charge in [-0.3, -0.25) is 0 Å². The Morgan fingerprint density at radius 3 is 2.50 bits per heavy atom. The first kappa shape index (κ1) is 15.4. The van der Waals surface area contributed by atoms with E-state index in [1.807, 2.05) is 18.2 Å². The van der Waals surface area contributed by atoms with Crippen LogP contribution in [-0.4, -0.2) is 6.04 Å². The number of benzene rings is 2. The SMILES string of the molecule is Cc1ccc(CNC(C)C)cc1-c1cccc(Cl)c1Cl. The monoisotopic (exact) mass is 307 g/mol. The highest BCUT2D eigenvalue weighted by Crippen LogP contribution is 2.35. The van der Waals surface area contributed by atoms with Crippen molar-refractivity contribution in [3.63, 3.8) is 0 Å². The summed E-state index contributed by atoms with van der Waals surface area (Å²) in [5, 5.41) is 4.64. The summed E-state index contributed by atoms with van der Waals surface area (Å²) in [6.07, 6.45) is 0. The molecule has 1 N–H and O–H groups in total. The molecule has 1 nitrogen and oxygen atoms in total. The molecule has 0 atom stereocenters. The van der Waals surface area contributed by atoms with Crippen LogP contribution < -0.4 is 5.32 Å². The fraction of sp³-hybridized carbons (Fsp3) is 0.294. The summed E-state index contributed by atoms with van der Waals surface area (Å²) < 4.78 is 0. The lowest BCUT2D eigenvalue weighted by atomic mass is 9.98. The molecule has 20 heavy (non-hydrogen) atoms. The molecule has 0 aliphatic heterocycles. The second kappa shape index (κ2) is 6.62. The number of hydrogen-bond donors (Lipinski definition) is 1. The fourth-order valence-electron chi connectivity index (χ4n) is 2.10. The molecule has 0 aromatic heterocycles. The van der Waals surface area contributed by atoms with Crippen LogP contribution in [0.25, 0.3) is 11.1 Å². The summed E-state index contributed by atoms with van der Waals surface area (Å²) in [7, 11) is 0. The maximum absolute atomic E-state index is 6.33. The van der Waals surface area contributed by atoms with Gasteiger partial charge in [0.1, 0.15) is 0 Å². The molecular weight excluding hydrogens is 289 g/mol. The Hall–Kier alpha value is -1.02. The van der Waals surface area contributed by atoms with E-state index in [1.165, 1.54) is 11.1 Å². The first-order valence-corrected chi connectivity index (χ1v) is 7.52. The van der Waals surface area contributed by atoms with E-state index in [4.69, 9.17) is 23.2 Å². The van der Waals surface area contributed by atoms with Gasteiger partial charge in [-0.15, -0.1) is 0 Å². The quantitative estimate of drug-likeness (QED) is 0.790. The van der Waals surface area contributed by atoms with E-state index in [9.17, 15) is 0 Å². The lowest BCUT2D eigenvalue weighted by Gasteiger charge is -2.13. The molecular formula is C17H19Cl2N. The average Bonchev–Trinajstić information content (AvgIpc) is 2.41. The predicted molar refractivity (Wildman–Crippen MR) is 88.6 cm³/mol. The molecule has 2 aromatic rings. The van der Waals surface area contributed by atoms with Gasteiger partial charge in [0, 0.05) is 18.2 Å². The third-order valence-electron chi connectivity index (χ3n) is 3.26. The van der Waals surface area contributed by atoms with E-state index in [1.54, 1.807) is 0 Å². The van der Waals surface area contributed by atoms with Crippen LogP contribution in [0.3, 0.4) is 0 Å². The summed E-state index contributed by atoms with van der Waals surface area (Å²) in [4.78, 5) is 0. The number of rotatable bonds is 4. The first-order chi connectivity index (χ1) is 9.49. The Balaban J connectivity index is 2.40. The van der Waals surface area contributed by atoms with E-state index >= 15 is 0 Å². The minimum atomic E-state index is 0.467. The van der Waals surface area contributed by atoms with Gasteiger partial charge >= 0.3 is 0 Å². The molecule has 3 heteroatoms. The second-order valence-corrected chi connectivity index (χ2v) is 6.07. The molecule has 0 bridgehead atoms. The molecule has 0 fully saturated rings. The molecule has 106 valence electrons. The van der Waals surface area contributed by atoms with E-state index in [0.29, 0.717) is 16.1 Å². The summed E-state index contributed by atoms with van der Waals surface area (Å²) >= 11 is 12.4. The highest BCUT2D eigenvalue weighted by molar-refractivity contribution is 6.43. The van der Waals surface area contributed by atoms with Crippen molar-refractivity contribution in [3.05, 3.63) is 57.6 Å². The molecule has 0 amide bonds. The topological polar surface area (TPSA) is 12.0 Å². The van der Waals surface area contributed by atoms with Crippen molar-refractivity contribution in [2.24, 2.45) is 0 Å². The number of nitrogens with one attached hydrogen (secondary N) is 1. The Morgan fingerprint density at radius 2 is 1.80 bits per heavy atom. The van der Waals surface area contributed by atoms with Crippen molar-refractivity contribution in [1.82, 2.24) is 5.32 Å². The van der Waals surface area contributed by atoms with Crippen LogP contribution in [-0.2, 0) is 6.54 Å².